The summed E-state index contributed by atoms with van der Waals surface area (Å²) in [6.07, 6.45) is 0. The average molecular weight is 355 g/mol. The molecule has 0 amide bonds. The molecule has 0 saturated heterocycles. The van der Waals surface area contributed by atoms with E-state index in [9.17, 15) is 9.18 Å². The Labute approximate surface area is 151 Å². The Bertz CT molecular complexity index is 965. The lowest BCUT2D eigenvalue weighted by atomic mass is 9.96. The molecule has 26 heavy (non-hydrogen) atoms. The molecular weight excluding hydrogens is 333 g/mol. The standard InChI is InChI=1S/C19H22FN5O/c1-12-9-16(13(2)25(12)15-8-6-7-14(20)10-15)17(26)11-24-18(19(3,4)5)21-22-23-24/h6-10H,11H2,1-5H3. The number of nitrogens with zero attached hydrogens (tertiary/aromatic N) is 5. The molecule has 0 aliphatic rings. The van der Waals surface area contributed by atoms with Crippen LogP contribution in [0.1, 0.15) is 48.3 Å². The van der Waals surface area contributed by atoms with Crippen molar-refractivity contribution in [2.75, 3.05) is 0 Å². The zero-order chi connectivity index (χ0) is 19.1. The lowest BCUT2D eigenvalue weighted by Gasteiger charge is -2.16. The first kappa shape index (κ1) is 18.0. The van der Waals surface area contributed by atoms with Gasteiger partial charge in [0.2, 0.25) is 0 Å². The Morgan fingerprint density at radius 1 is 1.19 bits per heavy atom. The highest BCUT2D eigenvalue weighted by molar-refractivity contribution is 5.97. The molecule has 0 bridgehead atoms. The summed E-state index contributed by atoms with van der Waals surface area (Å²) in [5.41, 5.74) is 2.65. The van der Waals surface area contributed by atoms with Crippen LogP contribution in [0.5, 0.6) is 0 Å². The molecule has 2 aromatic heterocycles. The number of aromatic nitrogens is 5. The van der Waals surface area contributed by atoms with Crippen LogP contribution >= 0.6 is 0 Å². The highest BCUT2D eigenvalue weighted by Crippen LogP contribution is 2.23. The first-order valence-corrected chi connectivity index (χ1v) is 8.43. The quantitative estimate of drug-likeness (QED) is 0.673. The van der Waals surface area contributed by atoms with Gasteiger partial charge in [-0.25, -0.2) is 9.07 Å². The highest BCUT2D eigenvalue weighted by atomic mass is 19.1. The van der Waals surface area contributed by atoms with Crippen LogP contribution in [0.25, 0.3) is 5.69 Å². The van der Waals surface area contributed by atoms with Crippen LogP contribution in [0.3, 0.4) is 0 Å². The van der Waals surface area contributed by atoms with Crippen molar-refractivity contribution >= 4 is 5.78 Å². The Morgan fingerprint density at radius 2 is 1.92 bits per heavy atom. The molecule has 3 aromatic rings. The largest absolute Gasteiger partial charge is 0.318 e. The van der Waals surface area contributed by atoms with Crippen LogP contribution in [0.15, 0.2) is 30.3 Å². The number of benzene rings is 1. The highest BCUT2D eigenvalue weighted by Gasteiger charge is 2.24. The zero-order valence-electron chi connectivity index (χ0n) is 15.6. The van der Waals surface area contributed by atoms with E-state index in [4.69, 9.17) is 0 Å². The molecule has 0 unspecified atom stereocenters. The third-order valence-electron chi connectivity index (χ3n) is 4.29. The smallest absolute Gasteiger partial charge is 0.186 e. The summed E-state index contributed by atoms with van der Waals surface area (Å²) in [6.45, 7) is 9.80. The van der Waals surface area contributed by atoms with Crippen molar-refractivity contribution in [3.63, 3.8) is 0 Å². The fourth-order valence-electron chi connectivity index (χ4n) is 3.13. The Balaban J connectivity index is 1.95. The second-order valence-corrected chi connectivity index (χ2v) is 7.43. The lowest BCUT2D eigenvalue weighted by molar-refractivity contribution is 0.0964. The number of tetrazole rings is 1. The average Bonchev–Trinajstić information content (AvgIpc) is 3.11. The summed E-state index contributed by atoms with van der Waals surface area (Å²) in [6, 6.07) is 8.14. The van der Waals surface area contributed by atoms with Crippen molar-refractivity contribution < 1.29 is 9.18 Å². The van der Waals surface area contributed by atoms with E-state index in [1.54, 1.807) is 6.07 Å². The molecule has 2 heterocycles. The third kappa shape index (κ3) is 3.29. The van der Waals surface area contributed by atoms with Gasteiger partial charge < -0.3 is 4.57 Å². The van der Waals surface area contributed by atoms with Crippen molar-refractivity contribution in [1.82, 2.24) is 24.8 Å². The third-order valence-corrected chi connectivity index (χ3v) is 4.29. The molecule has 0 N–H and O–H groups in total. The van der Waals surface area contributed by atoms with Crippen molar-refractivity contribution in [1.29, 1.82) is 0 Å². The summed E-state index contributed by atoms with van der Waals surface area (Å²) >= 11 is 0. The van der Waals surface area contributed by atoms with E-state index >= 15 is 0 Å². The number of hydrogen-bond donors (Lipinski definition) is 0. The number of rotatable bonds is 4. The summed E-state index contributed by atoms with van der Waals surface area (Å²) in [5, 5.41) is 11.7. The number of ketones is 1. The number of carbonyl (C=O) groups is 1. The van der Waals surface area contributed by atoms with Gasteiger partial charge in [-0.3, -0.25) is 4.79 Å². The molecule has 7 heteroatoms. The summed E-state index contributed by atoms with van der Waals surface area (Å²) in [7, 11) is 0. The van der Waals surface area contributed by atoms with E-state index in [0.717, 1.165) is 11.4 Å². The molecule has 3 rings (SSSR count). The Morgan fingerprint density at radius 3 is 2.58 bits per heavy atom. The van der Waals surface area contributed by atoms with Crippen LogP contribution in [-0.2, 0) is 12.0 Å². The molecule has 0 fully saturated rings. The minimum atomic E-state index is -0.314. The van der Waals surface area contributed by atoms with Gasteiger partial charge in [0.25, 0.3) is 0 Å². The van der Waals surface area contributed by atoms with Crippen LogP contribution in [0.2, 0.25) is 0 Å². The first-order chi connectivity index (χ1) is 12.2. The SMILES string of the molecule is Cc1cc(C(=O)Cn2nnnc2C(C)(C)C)c(C)n1-c1cccc(F)c1. The van der Waals surface area contributed by atoms with Gasteiger partial charge >= 0.3 is 0 Å². The van der Waals surface area contributed by atoms with Crippen molar-refractivity contribution in [3.05, 3.63) is 58.9 Å². The van der Waals surface area contributed by atoms with E-state index < -0.39 is 0 Å². The van der Waals surface area contributed by atoms with Crippen LogP contribution < -0.4 is 0 Å². The monoisotopic (exact) mass is 355 g/mol. The second kappa shape index (κ2) is 6.48. The summed E-state index contributed by atoms with van der Waals surface area (Å²) in [4.78, 5) is 12.9. The normalized spacial score (nSPS) is 11.8. The maximum atomic E-state index is 13.6. The van der Waals surface area contributed by atoms with Gasteiger partial charge in [-0.15, -0.1) is 5.10 Å². The summed E-state index contributed by atoms with van der Waals surface area (Å²) in [5.74, 6) is 0.259. The van der Waals surface area contributed by atoms with E-state index in [-0.39, 0.29) is 23.6 Å². The van der Waals surface area contributed by atoms with Crippen LogP contribution in [0.4, 0.5) is 4.39 Å². The van der Waals surface area contributed by atoms with Crippen molar-refractivity contribution in [2.45, 2.75) is 46.6 Å². The fourth-order valence-corrected chi connectivity index (χ4v) is 3.13. The molecule has 0 aliphatic heterocycles. The minimum Gasteiger partial charge on any atom is -0.318 e. The van der Waals surface area contributed by atoms with Gasteiger partial charge in [0.15, 0.2) is 11.6 Å². The molecule has 1 aromatic carbocycles. The topological polar surface area (TPSA) is 65.6 Å². The van der Waals surface area contributed by atoms with E-state index in [2.05, 4.69) is 15.5 Å². The van der Waals surface area contributed by atoms with Gasteiger partial charge in [0.1, 0.15) is 12.4 Å². The zero-order valence-corrected chi connectivity index (χ0v) is 15.6. The maximum absolute atomic E-state index is 13.6. The van der Waals surface area contributed by atoms with E-state index in [1.807, 2.05) is 51.3 Å². The number of halogens is 1. The first-order valence-electron chi connectivity index (χ1n) is 8.43. The predicted octanol–water partition coefficient (Wildman–Crippen LogP) is 3.40. The van der Waals surface area contributed by atoms with E-state index in [1.165, 1.54) is 16.8 Å². The minimum absolute atomic E-state index is 0.0625. The Kier molecular flexibility index (Phi) is 4.48. The number of aryl methyl sites for hydroxylation is 1. The van der Waals surface area contributed by atoms with Crippen molar-refractivity contribution in [3.8, 4) is 5.69 Å². The number of carbonyl (C=O) groups excluding carboxylic acids is 1. The van der Waals surface area contributed by atoms with Gasteiger partial charge in [0, 0.05) is 28.1 Å². The molecule has 136 valence electrons. The molecule has 0 radical (unpaired) electrons. The predicted molar refractivity (Wildman–Crippen MR) is 96.0 cm³/mol. The Hall–Kier alpha value is -2.83. The fraction of sp³-hybridized carbons (Fsp3) is 0.368. The van der Waals surface area contributed by atoms with Gasteiger partial charge in [-0.05, 0) is 48.5 Å². The molecule has 0 aliphatic carbocycles. The van der Waals surface area contributed by atoms with Crippen LogP contribution in [-0.4, -0.2) is 30.6 Å². The molecular formula is C19H22FN5O. The molecule has 0 saturated carbocycles. The van der Waals surface area contributed by atoms with E-state index in [0.29, 0.717) is 17.1 Å². The number of hydrogen-bond acceptors (Lipinski definition) is 4. The van der Waals surface area contributed by atoms with Gasteiger partial charge in [-0.1, -0.05) is 26.8 Å². The molecule has 0 spiro atoms. The summed E-state index contributed by atoms with van der Waals surface area (Å²) < 4.78 is 17.0. The second-order valence-electron chi connectivity index (χ2n) is 7.43. The maximum Gasteiger partial charge on any atom is 0.186 e. The van der Waals surface area contributed by atoms with Gasteiger partial charge in [-0.2, -0.15) is 0 Å². The number of Topliss-reactive ketones (excluding diaryl/α,β-unsaturated/α-hetero) is 1. The van der Waals surface area contributed by atoms with Crippen LogP contribution in [0, 0.1) is 19.7 Å². The lowest BCUT2D eigenvalue weighted by Crippen LogP contribution is -2.23. The van der Waals surface area contributed by atoms with Crippen molar-refractivity contribution in [2.24, 2.45) is 0 Å². The van der Waals surface area contributed by atoms with Gasteiger partial charge in [0.05, 0.1) is 0 Å². The molecule has 6 nitrogen and oxygen atoms in total. The molecule has 0 atom stereocenters.